The molecule has 0 atom stereocenters. The molecule has 0 saturated carbocycles. The number of carbonyl (C=O) groups excluding carboxylic acids is 1. The van der Waals surface area contributed by atoms with Gasteiger partial charge in [0.1, 0.15) is 4.75 Å². The largest absolute Gasteiger partial charge is 0.445 e. The lowest BCUT2D eigenvalue weighted by Crippen LogP contribution is -2.26. The summed E-state index contributed by atoms with van der Waals surface area (Å²) in [6.45, 7) is 3.47. The minimum atomic E-state index is -0.675. The minimum Gasteiger partial charge on any atom is -0.296 e. The predicted molar refractivity (Wildman–Crippen MR) is 81.5 cm³/mol. The van der Waals surface area contributed by atoms with Crippen molar-refractivity contribution in [3.05, 3.63) is 0 Å². The highest BCUT2D eigenvalue weighted by molar-refractivity contribution is 8.48. The molecule has 1 heterocycles. The Kier molecular flexibility index (Phi) is 6.55. The predicted octanol–water partition coefficient (Wildman–Crippen LogP) is 3.40. The van der Waals surface area contributed by atoms with Crippen LogP contribution in [-0.2, 0) is 4.84 Å². The Bertz CT molecular complexity index is 372. The van der Waals surface area contributed by atoms with Crippen LogP contribution in [0.2, 0.25) is 0 Å². The average molecular weight is 323 g/mol. The van der Waals surface area contributed by atoms with E-state index < -0.39 is 10.8 Å². The quantitative estimate of drug-likeness (QED) is 0.448. The first-order valence-electron chi connectivity index (χ1n) is 4.91. The first-order chi connectivity index (χ1) is 8.44. The van der Waals surface area contributed by atoms with Crippen LogP contribution >= 0.6 is 47.2 Å². The summed E-state index contributed by atoms with van der Waals surface area (Å²) in [6.07, 6.45) is -0.574. The molecule has 0 aromatic carbocycles. The number of hydrogen-bond acceptors (Lipinski definition) is 8. The van der Waals surface area contributed by atoms with E-state index in [-0.39, 0.29) is 0 Å². The second kappa shape index (κ2) is 7.43. The van der Waals surface area contributed by atoms with E-state index in [1.54, 1.807) is 56.2 Å². The molecule has 1 fully saturated rings. The lowest BCUT2D eigenvalue weighted by atomic mass is 10.2. The standard InChI is InChI=1S/C9H13N3O2S4/c1-9(2,4-10)18-12(3)8(13)14-11-7-16-5-15-6-17-7/h5-6H2,1-3H3. The molecule has 100 valence electrons. The van der Waals surface area contributed by atoms with Crippen molar-refractivity contribution in [3.63, 3.8) is 0 Å². The molecular formula is C9H13N3O2S4. The second-order valence-corrected chi connectivity index (χ2v) is 9.31. The second-order valence-electron chi connectivity index (χ2n) is 3.65. The van der Waals surface area contributed by atoms with Crippen molar-refractivity contribution < 1.29 is 9.63 Å². The molecule has 18 heavy (non-hydrogen) atoms. The molecule has 0 unspecified atom stereocenters. The van der Waals surface area contributed by atoms with E-state index in [0.29, 0.717) is 0 Å². The van der Waals surface area contributed by atoms with Crippen molar-refractivity contribution in [2.75, 3.05) is 17.2 Å². The van der Waals surface area contributed by atoms with Crippen molar-refractivity contribution >= 4 is 57.7 Å². The van der Waals surface area contributed by atoms with Gasteiger partial charge in [-0.2, -0.15) is 5.26 Å². The number of nitriles is 1. The molecule has 0 aromatic heterocycles. The van der Waals surface area contributed by atoms with Gasteiger partial charge in [-0.15, -0.1) is 11.8 Å². The summed E-state index contributed by atoms with van der Waals surface area (Å²) in [5.74, 6) is 0. The fourth-order valence-electron chi connectivity index (χ4n) is 0.846. The number of nitrogens with zero attached hydrogens (tertiary/aromatic N) is 3. The van der Waals surface area contributed by atoms with Crippen LogP contribution in [0.5, 0.6) is 0 Å². The third-order valence-electron chi connectivity index (χ3n) is 1.62. The van der Waals surface area contributed by atoms with Crippen LogP contribution in [0.4, 0.5) is 4.79 Å². The number of amides is 1. The van der Waals surface area contributed by atoms with Crippen LogP contribution in [0.25, 0.3) is 0 Å². The molecule has 5 nitrogen and oxygen atoms in total. The molecule has 0 aromatic rings. The van der Waals surface area contributed by atoms with Crippen LogP contribution in [0, 0.1) is 11.3 Å². The van der Waals surface area contributed by atoms with Gasteiger partial charge in [-0.1, -0.05) is 28.7 Å². The summed E-state index contributed by atoms with van der Waals surface area (Å²) >= 11 is 6.02. The fourth-order valence-corrected chi connectivity index (χ4v) is 5.42. The van der Waals surface area contributed by atoms with E-state index in [1.807, 2.05) is 0 Å². The number of thioether (sulfide) groups is 3. The van der Waals surface area contributed by atoms with Crippen molar-refractivity contribution in [2.45, 2.75) is 18.6 Å². The Morgan fingerprint density at radius 2 is 2.17 bits per heavy atom. The van der Waals surface area contributed by atoms with Gasteiger partial charge in [-0.3, -0.25) is 9.14 Å². The van der Waals surface area contributed by atoms with Gasteiger partial charge in [0.25, 0.3) is 0 Å². The number of carbonyl (C=O) groups is 1. The van der Waals surface area contributed by atoms with E-state index >= 15 is 0 Å². The van der Waals surface area contributed by atoms with Crippen molar-refractivity contribution in [3.8, 4) is 6.07 Å². The highest BCUT2D eigenvalue weighted by atomic mass is 32.3. The van der Waals surface area contributed by atoms with Gasteiger partial charge in [0.2, 0.25) is 0 Å². The zero-order valence-corrected chi connectivity index (χ0v) is 13.5. The molecule has 1 saturated heterocycles. The number of oxime groups is 1. The Balaban J connectivity index is 2.43. The van der Waals surface area contributed by atoms with Gasteiger partial charge in [-0.05, 0) is 25.8 Å². The third-order valence-corrected chi connectivity index (χ3v) is 6.22. The summed E-state index contributed by atoms with van der Waals surface area (Å²) in [4.78, 5) is 16.4. The zero-order chi connectivity index (χ0) is 13.6. The van der Waals surface area contributed by atoms with Crippen LogP contribution in [0.3, 0.4) is 0 Å². The number of rotatable bonds is 3. The molecular weight excluding hydrogens is 310 g/mol. The lowest BCUT2D eigenvalue weighted by molar-refractivity contribution is 0.137. The summed E-state index contributed by atoms with van der Waals surface area (Å²) in [6, 6.07) is 2.10. The van der Waals surface area contributed by atoms with Crippen LogP contribution < -0.4 is 0 Å². The average Bonchev–Trinajstić information content (AvgIpc) is 2.36. The molecule has 9 heteroatoms. The van der Waals surface area contributed by atoms with E-state index in [2.05, 4.69) is 11.2 Å². The fraction of sp³-hybridized carbons (Fsp3) is 0.667. The summed E-state index contributed by atoms with van der Waals surface area (Å²) < 4.78 is 1.37. The zero-order valence-electron chi connectivity index (χ0n) is 10.2. The maximum absolute atomic E-state index is 11.6. The molecule has 1 aliphatic rings. The van der Waals surface area contributed by atoms with E-state index in [1.165, 1.54) is 4.31 Å². The Labute approximate surface area is 124 Å². The van der Waals surface area contributed by atoms with Gasteiger partial charge in [0, 0.05) is 17.2 Å². The van der Waals surface area contributed by atoms with Crippen LogP contribution in [0.1, 0.15) is 13.8 Å². The first kappa shape index (κ1) is 15.9. The van der Waals surface area contributed by atoms with Crippen molar-refractivity contribution in [2.24, 2.45) is 5.16 Å². The summed E-state index contributed by atoms with van der Waals surface area (Å²) in [7, 11) is 1.56. The minimum absolute atomic E-state index is 0.574. The normalized spacial score (nSPS) is 15.8. The molecule has 1 rings (SSSR count). The number of hydrogen-bond donors (Lipinski definition) is 0. The maximum Gasteiger partial charge on any atom is 0.445 e. The van der Waals surface area contributed by atoms with Gasteiger partial charge in [-0.25, -0.2) is 4.79 Å². The molecule has 1 amide bonds. The SMILES string of the molecule is CN(SC(C)(C)C#N)C(=O)ON=C1SCSCS1. The van der Waals surface area contributed by atoms with Crippen LogP contribution in [-0.4, -0.2) is 36.7 Å². The van der Waals surface area contributed by atoms with Gasteiger partial charge in [0.05, 0.1) is 6.07 Å². The molecule has 1 aliphatic heterocycles. The highest BCUT2D eigenvalue weighted by Gasteiger charge is 2.24. The molecule has 0 aliphatic carbocycles. The summed E-state index contributed by atoms with van der Waals surface area (Å²) in [5.41, 5.74) is 0. The van der Waals surface area contributed by atoms with Crippen LogP contribution in [0.15, 0.2) is 5.16 Å². The highest BCUT2D eigenvalue weighted by Crippen LogP contribution is 2.31. The van der Waals surface area contributed by atoms with Crippen molar-refractivity contribution in [1.29, 1.82) is 5.26 Å². The van der Waals surface area contributed by atoms with E-state index in [0.717, 1.165) is 26.5 Å². The first-order valence-corrected chi connectivity index (χ1v) is 8.81. The van der Waals surface area contributed by atoms with Gasteiger partial charge >= 0.3 is 6.09 Å². The maximum atomic E-state index is 11.6. The Hall–Kier alpha value is -0.170. The Morgan fingerprint density at radius 1 is 1.56 bits per heavy atom. The van der Waals surface area contributed by atoms with Gasteiger partial charge < -0.3 is 0 Å². The molecule has 0 N–H and O–H groups in total. The summed E-state index contributed by atoms with van der Waals surface area (Å²) in [5, 5.41) is 14.5. The van der Waals surface area contributed by atoms with E-state index in [4.69, 9.17) is 10.1 Å². The topological polar surface area (TPSA) is 65.7 Å². The third kappa shape index (κ3) is 5.65. The molecule has 0 spiro atoms. The lowest BCUT2D eigenvalue weighted by Gasteiger charge is -2.21. The smallest absolute Gasteiger partial charge is 0.296 e. The van der Waals surface area contributed by atoms with Crippen molar-refractivity contribution in [1.82, 2.24) is 4.31 Å². The van der Waals surface area contributed by atoms with E-state index in [9.17, 15) is 4.79 Å². The molecule has 0 bridgehead atoms. The Morgan fingerprint density at radius 3 is 2.72 bits per heavy atom. The monoisotopic (exact) mass is 323 g/mol. The van der Waals surface area contributed by atoms with Gasteiger partial charge in [0.15, 0.2) is 4.38 Å². The molecule has 0 radical (unpaired) electrons.